The summed E-state index contributed by atoms with van der Waals surface area (Å²) in [4.78, 5) is 24.5. The minimum Gasteiger partial charge on any atom is -0.283 e. The van der Waals surface area contributed by atoms with E-state index in [0.29, 0.717) is 6.42 Å². The highest BCUT2D eigenvalue weighted by Gasteiger charge is 2.22. The van der Waals surface area contributed by atoms with Crippen LogP contribution >= 0.6 is 11.8 Å². The molecular weight excluding hydrogens is 478 g/mol. The molecule has 0 saturated heterocycles. The standard InChI is InChI=1S/C28H31NO4S2/c1-2-3-4-8-19-35(32,33)29-28(31)27(30)26-17-13-23(14-18-26)21-34-20-22-11-15-25(16-12-22)24-9-6-5-7-10-24/h5-7,9-18H,2-4,8,19-21H2,1H3,(H,29,31). The molecule has 0 saturated carbocycles. The van der Waals surface area contributed by atoms with Gasteiger partial charge in [-0.05, 0) is 28.7 Å². The Morgan fingerprint density at radius 2 is 1.31 bits per heavy atom. The summed E-state index contributed by atoms with van der Waals surface area (Å²) in [5.74, 6) is -0.500. The zero-order valence-corrected chi connectivity index (χ0v) is 21.5. The van der Waals surface area contributed by atoms with Crippen LogP contribution in [0.2, 0.25) is 0 Å². The molecule has 0 aliphatic carbocycles. The Hall–Kier alpha value is -2.90. The number of hydrogen-bond donors (Lipinski definition) is 1. The van der Waals surface area contributed by atoms with Gasteiger partial charge in [0.2, 0.25) is 10.0 Å². The maximum atomic E-state index is 12.4. The molecule has 3 rings (SSSR count). The molecule has 184 valence electrons. The third-order valence-electron chi connectivity index (χ3n) is 5.54. The number of amides is 1. The Kier molecular flexibility index (Phi) is 10.1. The van der Waals surface area contributed by atoms with Crippen LogP contribution in [0.4, 0.5) is 0 Å². The molecule has 1 N–H and O–H groups in total. The highest BCUT2D eigenvalue weighted by molar-refractivity contribution is 7.97. The number of sulfonamides is 1. The van der Waals surface area contributed by atoms with Gasteiger partial charge in [0.25, 0.3) is 5.78 Å². The lowest BCUT2D eigenvalue weighted by Gasteiger charge is -2.07. The van der Waals surface area contributed by atoms with E-state index in [1.54, 1.807) is 36.0 Å². The van der Waals surface area contributed by atoms with E-state index in [9.17, 15) is 18.0 Å². The first kappa shape index (κ1) is 26.7. The van der Waals surface area contributed by atoms with Crippen molar-refractivity contribution in [3.63, 3.8) is 0 Å². The van der Waals surface area contributed by atoms with Crippen LogP contribution in [-0.2, 0) is 26.3 Å². The zero-order valence-electron chi connectivity index (χ0n) is 19.9. The lowest BCUT2D eigenvalue weighted by molar-refractivity contribution is -0.115. The second-order valence-electron chi connectivity index (χ2n) is 8.39. The zero-order chi connectivity index (χ0) is 25.1. The third kappa shape index (κ3) is 8.67. The van der Waals surface area contributed by atoms with E-state index in [2.05, 4.69) is 36.4 Å². The average Bonchev–Trinajstić information content (AvgIpc) is 2.87. The number of unbranched alkanes of at least 4 members (excludes halogenated alkanes) is 3. The van der Waals surface area contributed by atoms with Gasteiger partial charge in [-0.25, -0.2) is 13.1 Å². The topological polar surface area (TPSA) is 80.3 Å². The quantitative estimate of drug-likeness (QED) is 0.174. The van der Waals surface area contributed by atoms with Gasteiger partial charge in [-0.2, -0.15) is 11.8 Å². The van der Waals surface area contributed by atoms with Crippen molar-refractivity contribution in [2.75, 3.05) is 5.75 Å². The summed E-state index contributed by atoms with van der Waals surface area (Å²) in [6.45, 7) is 2.03. The Labute approximate surface area is 212 Å². The number of rotatable bonds is 13. The fraction of sp³-hybridized carbons (Fsp3) is 0.286. The molecule has 7 heteroatoms. The first-order chi connectivity index (χ1) is 16.9. The maximum Gasteiger partial charge on any atom is 0.305 e. The number of thioether (sulfide) groups is 1. The highest BCUT2D eigenvalue weighted by Crippen LogP contribution is 2.23. The minimum atomic E-state index is -3.80. The van der Waals surface area contributed by atoms with Crippen LogP contribution in [-0.4, -0.2) is 25.9 Å². The van der Waals surface area contributed by atoms with Crippen molar-refractivity contribution < 1.29 is 18.0 Å². The number of Topliss-reactive ketones (excluding diaryl/α,β-unsaturated/α-hetero) is 1. The second kappa shape index (κ2) is 13.3. The van der Waals surface area contributed by atoms with Gasteiger partial charge in [-0.3, -0.25) is 9.59 Å². The van der Waals surface area contributed by atoms with E-state index in [0.717, 1.165) is 36.3 Å². The van der Waals surface area contributed by atoms with E-state index in [1.165, 1.54) is 16.7 Å². The van der Waals surface area contributed by atoms with Crippen molar-refractivity contribution in [2.24, 2.45) is 0 Å². The Morgan fingerprint density at radius 1 is 0.743 bits per heavy atom. The normalized spacial score (nSPS) is 11.2. The molecule has 0 fully saturated rings. The maximum absolute atomic E-state index is 12.4. The van der Waals surface area contributed by atoms with Crippen molar-refractivity contribution in [2.45, 2.75) is 44.1 Å². The number of hydrogen-bond acceptors (Lipinski definition) is 5. The molecule has 0 bridgehead atoms. The van der Waals surface area contributed by atoms with Crippen molar-refractivity contribution in [3.05, 3.63) is 95.6 Å². The summed E-state index contributed by atoms with van der Waals surface area (Å²) >= 11 is 1.76. The SMILES string of the molecule is CCCCCCS(=O)(=O)NC(=O)C(=O)c1ccc(CSCc2ccc(-c3ccccc3)cc2)cc1. The summed E-state index contributed by atoms with van der Waals surface area (Å²) in [6.07, 6.45) is 3.17. The minimum absolute atomic E-state index is 0.156. The smallest absolute Gasteiger partial charge is 0.283 e. The average molecular weight is 510 g/mol. The molecule has 0 heterocycles. The summed E-state index contributed by atoms with van der Waals surface area (Å²) in [5, 5.41) is 0. The lowest BCUT2D eigenvalue weighted by Crippen LogP contribution is -2.37. The molecule has 3 aromatic carbocycles. The lowest BCUT2D eigenvalue weighted by atomic mass is 10.0. The number of nitrogens with one attached hydrogen (secondary N) is 1. The van der Waals surface area contributed by atoms with Crippen LogP contribution in [0.25, 0.3) is 11.1 Å². The monoisotopic (exact) mass is 509 g/mol. The Balaban J connectivity index is 1.46. The Morgan fingerprint density at radius 3 is 1.91 bits per heavy atom. The van der Waals surface area contributed by atoms with Crippen LogP contribution in [0.5, 0.6) is 0 Å². The summed E-state index contributed by atoms with van der Waals surface area (Å²) < 4.78 is 26.0. The molecule has 1 amide bonds. The van der Waals surface area contributed by atoms with E-state index < -0.39 is 21.7 Å². The van der Waals surface area contributed by atoms with Crippen LogP contribution < -0.4 is 4.72 Å². The van der Waals surface area contributed by atoms with Gasteiger partial charge in [-0.1, -0.05) is 105 Å². The molecule has 5 nitrogen and oxygen atoms in total. The Bertz CT molecular complexity index is 1210. The van der Waals surface area contributed by atoms with Gasteiger partial charge in [0.15, 0.2) is 0 Å². The summed E-state index contributed by atoms with van der Waals surface area (Å²) in [6, 6.07) is 25.5. The van der Waals surface area contributed by atoms with Crippen LogP contribution in [0.3, 0.4) is 0 Å². The molecular formula is C28H31NO4S2. The number of carbonyl (C=O) groups excluding carboxylic acids is 2. The fourth-order valence-electron chi connectivity index (χ4n) is 3.55. The molecule has 0 radical (unpaired) electrons. The van der Waals surface area contributed by atoms with E-state index in [1.807, 2.05) is 29.8 Å². The molecule has 0 aromatic heterocycles. The van der Waals surface area contributed by atoms with Gasteiger partial charge in [-0.15, -0.1) is 0 Å². The van der Waals surface area contributed by atoms with Crippen LogP contribution in [0.15, 0.2) is 78.9 Å². The largest absolute Gasteiger partial charge is 0.305 e. The molecule has 35 heavy (non-hydrogen) atoms. The number of benzene rings is 3. The molecule has 0 aliphatic heterocycles. The van der Waals surface area contributed by atoms with Crippen molar-refractivity contribution in [1.82, 2.24) is 4.72 Å². The number of ketones is 1. The van der Waals surface area contributed by atoms with Gasteiger partial charge in [0.05, 0.1) is 5.75 Å². The molecule has 0 spiro atoms. The van der Waals surface area contributed by atoms with Crippen LogP contribution in [0.1, 0.15) is 54.1 Å². The molecule has 0 unspecified atom stereocenters. The highest BCUT2D eigenvalue weighted by atomic mass is 32.2. The third-order valence-corrected chi connectivity index (χ3v) is 7.93. The van der Waals surface area contributed by atoms with Crippen molar-refractivity contribution in [3.8, 4) is 11.1 Å². The molecule has 0 aliphatic rings. The fourth-order valence-corrected chi connectivity index (χ4v) is 5.57. The van der Waals surface area contributed by atoms with E-state index >= 15 is 0 Å². The first-order valence-electron chi connectivity index (χ1n) is 11.8. The van der Waals surface area contributed by atoms with E-state index in [-0.39, 0.29) is 11.3 Å². The molecule has 0 atom stereocenters. The molecule has 3 aromatic rings. The second-order valence-corrected chi connectivity index (χ2v) is 11.2. The van der Waals surface area contributed by atoms with Gasteiger partial charge in [0, 0.05) is 17.1 Å². The summed E-state index contributed by atoms with van der Waals surface area (Å²) in [7, 11) is -3.80. The van der Waals surface area contributed by atoms with Crippen molar-refractivity contribution in [1.29, 1.82) is 0 Å². The number of carbonyl (C=O) groups is 2. The predicted octanol–water partition coefficient (Wildman–Crippen LogP) is 6.00. The summed E-state index contributed by atoms with van der Waals surface area (Å²) in [5.41, 5.74) is 4.81. The van der Waals surface area contributed by atoms with Crippen molar-refractivity contribution >= 4 is 33.5 Å². The van der Waals surface area contributed by atoms with Crippen LogP contribution in [0, 0.1) is 0 Å². The van der Waals surface area contributed by atoms with E-state index in [4.69, 9.17) is 0 Å². The first-order valence-corrected chi connectivity index (χ1v) is 14.6. The predicted molar refractivity (Wildman–Crippen MR) is 144 cm³/mol. The van der Waals surface area contributed by atoms with Gasteiger partial charge < -0.3 is 0 Å². The van der Waals surface area contributed by atoms with Gasteiger partial charge in [0.1, 0.15) is 0 Å². The van der Waals surface area contributed by atoms with Gasteiger partial charge >= 0.3 is 5.91 Å².